The molecular weight excluding hydrogens is 486 g/mol. The summed E-state index contributed by atoms with van der Waals surface area (Å²) in [4.78, 5) is 18.5. The van der Waals surface area contributed by atoms with Gasteiger partial charge in [0.05, 0.1) is 10.6 Å². The number of hydrogen-bond acceptors (Lipinski definition) is 6. The van der Waals surface area contributed by atoms with E-state index >= 15 is 0 Å². The SMILES string of the molecule is CC(C)Oc1ccc(-c2nc(-c3cccc4c3CCC43CCN(C(=O)CO)C3)no2)cc1Br. The van der Waals surface area contributed by atoms with Crippen molar-refractivity contribution in [3.63, 3.8) is 0 Å². The van der Waals surface area contributed by atoms with E-state index in [4.69, 9.17) is 14.2 Å². The van der Waals surface area contributed by atoms with Crippen LogP contribution in [0, 0.1) is 0 Å². The third-order valence-electron chi connectivity index (χ3n) is 6.65. The van der Waals surface area contributed by atoms with Gasteiger partial charge in [-0.1, -0.05) is 23.4 Å². The maximum absolute atomic E-state index is 12.0. The van der Waals surface area contributed by atoms with Gasteiger partial charge < -0.3 is 19.3 Å². The van der Waals surface area contributed by atoms with Gasteiger partial charge in [0, 0.05) is 29.6 Å². The predicted octanol–water partition coefficient (Wildman–Crippen LogP) is 4.36. The smallest absolute Gasteiger partial charge is 0.258 e. The van der Waals surface area contributed by atoms with E-state index in [1.807, 2.05) is 44.2 Å². The van der Waals surface area contributed by atoms with Crippen LogP contribution in [-0.2, 0) is 16.6 Å². The Morgan fingerprint density at radius 1 is 1.30 bits per heavy atom. The molecule has 1 aliphatic heterocycles. The van der Waals surface area contributed by atoms with E-state index < -0.39 is 6.61 Å². The number of hydrogen-bond donors (Lipinski definition) is 1. The molecule has 0 radical (unpaired) electrons. The van der Waals surface area contributed by atoms with Crippen LogP contribution >= 0.6 is 15.9 Å². The van der Waals surface area contributed by atoms with Crippen molar-refractivity contribution in [1.29, 1.82) is 0 Å². The number of fused-ring (bicyclic) bond motifs is 2. The second kappa shape index (κ2) is 8.57. The molecule has 7 nitrogen and oxygen atoms in total. The van der Waals surface area contributed by atoms with Gasteiger partial charge in [-0.3, -0.25) is 4.79 Å². The molecule has 2 aromatic carbocycles. The monoisotopic (exact) mass is 511 g/mol. The van der Waals surface area contributed by atoms with Gasteiger partial charge in [-0.25, -0.2) is 0 Å². The minimum absolute atomic E-state index is 0.0557. The van der Waals surface area contributed by atoms with E-state index in [2.05, 4.69) is 27.2 Å². The maximum Gasteiger partial charge on any atom is 0.258 e. The Hall–Kier alpha value is -2.71. The van der Waals surface area contributed by atoms with Crippen LogP contribution in [0.5, 0.6) is 5.75 Å². The van der Waals surface area contributed by atoms with Gasteiger partial charge in [0.1, 0.15) is 12.4 Å². The first-order valence-corrected chi connectivity index (χ1v) is 12.0. The van der Waals surface area contributed by atoms with Crippen molar-refractivity contribution in [2.75, 3.05) is 19.7 Å². The summed E-state index contributed by atoms with van der Waals surface area (Å²) in [7, 11) is 0. The highest BCUT2D eigenvalue weighted by Gasteiger charge is 2.46. The molecule has 1 spiro atoms. The van der Waals surface area contributed by atoms with Crippen LogP contribution in [0.25, 0.3) is 22.8 Å². The molecule has 3 aromatic rings. The fraction of sp³-hybridized carbons (Fsp3) is 0.400. The molecule has 1 amide bonds. The summed E-state index contributed by atoms with van der Waals surface area (Å²) in [5.74, 6) is 1.59. The molecule has 2 aliphatic rings. The Morgan fingerprint density at radius 3 is 2.91 bits per heavy atom. The second-order valence-corrected chi connectivity index (χ2v) is 9.92. The first-order valence-electron chi connectivity index (χ1n) is 11.2. The molecule has 1 saturated heterocycles. The van der Waals surface area contributed by atoms with Crippen LogP contribution < -0.4 is 4.74 Å². The number of ether oxygens (including phenoxy) is 1. The number of amides is 1. The third-order valence-corrected chi connectivity index (χ3v) is 7.27. The fourth-order valence-electron chi connectivity index (χ4n) is 5.10. The Bertz CT molecular complexity index is 1210. The minimum atomic E-state index is -0.435. The van der Waals surface area contributed by atoms with Crippen molar-refractivity contribution in [1.82, 2.24) is 15.0 Å². The maximum atomic E-state index is 12.0. The van der Waals surface area contributed by atoms with E-state index in [-0.39, 0.29) is 17.4 Å². The standard InChI is InChI=1S/C25H26BrN3O4/c1-15(2)32-21-7-6-16(12-20(21)26)24-27-23(28-33-24)18-4-3-5-19-17(18)8-9-25(19)10-11-29(14-25)22(31)13-30/h3-7,12,15,30H,8-11,13-14H2,1-2H3. The lowest BCUT2D eigenvalue weighted by Crippen LogP contribution is -2.34. The number of aliphatic hydroxyl groups excluding tert-OH is 1. The zero-order valence-electron chi connectivity index (χ0n) is 18.7. The zero-order valence-corrected chi connectivity index (χ0v) is 20.3. The van der Waals surface area contributed by atoms with Gasteiger partial charge >= 0.3 is 0 Å². The van der Waals surface area contributed by atoms with Crippen molar-refractivity contribution in [2.45, 2.75) is 44.6 Å². The van der Waals surface area contributed by atoms with Crippen LogP contribution in [0.2, 0.25) is 0 Å². The van der Waals surface area contributed by atoms with E-state index in [1.54, 1.807) is 4.90 Å². The Kier molecular flexibility index (Phi) is 5.74. The molecule has 172 valence electrons. The van der Waals surface area contributed by atoms with Crippen LogP contribution in [0.3, 0.4) is 0 Å². The van der Waals surface area contributed by atoms with E-state index in [0.717, 1.165) is 40.6 Å². The quantitative estimate of drug-likeness (QED) is 0.547. The van der Waals surface area contributed by atoms with Gasteiger partial charge in [0.15, 0.2) is 0 Å². The summed E-state index contributed by atoms with van der Waals surface area (Å²) in [5.41, 5.74) is 4.22. The van der Waals surface area contributed by atoms with Crippen LogP contribution in [0.15, 0.2) is 45.4 Å². The minimum Gasteiger partial charge on any atom is -0.490 e. The number of benzene rings is 2. The number of likely N-dealkylation sites (tertiary alicyclic amines) is 1. The highest BCUT2D eigenvalue weighted by atomic mass is 79.9. The number of nitrogens with zero attached hydrogens (tertiary/aromatic N) is 3. The fourth-order valence-corrected chi connectivity index (χ4v) is 5.58. The average Bonchev–Trinajstić information content (AvgIpc) is 3.54. The lowest BCUT2D eigenvalue weighted by Gasteiger charge is -2.25. The van der Waals surface area contributed by atoms with Gasteiger partial charge in [0.2, 0.25) is 11.7 Å². The first-order chi connectivity index (χ1) is 15.9. The van der Waals surface area contributed by atoms with Crippen molar-refractivity contribution in [2.24, 2.45) is 0 Å². The normalized spacial score (nSPS) is 19.5. The number of aromatic nitrogens is 2. The summed E-state index contributed by atoms with van der Waals surface area (Å²) in [6.07, 6.45) is 2.87. The molecule has 1 N–H and O–H groups in total. The van der Waals surface area contributed by atoms with Crippen LogP contribution in [-0.4, -0.2) is 51.9 Å². The van der Waals surface area contributed by atoms with E-state index in [1.165, 1.54) is 11.1 Å². The Morgan fingerprint density at radius 2 is 2.15 bits per heavy atom. The molecule has 2 heterocycles. The topological polar surface area (TPSA) is 88.7 Å². The molecule has 0 saturated carbocycles. The van der Waals surface area contributed by atoms with Crippen LogP contribution in [0.1, 0.15) is 37.8 Å². The number of aliphatic hydroxyl groups is 1. The van der Waals surface area contributed by atoms with E-state index in [0.29, 0.717) is 24.8 Å². The summed E-state index contributed by atoms with van der Waals surface area (Å²) >= 11 is 3.56. The van der Waals surface area contributed by atoms with Crippen LogP contribution in [0.4, 0.5) is 0 Å². The highest BCUT2D eigenvalue weighted by molar-refractivity contribution is 9.10. The molecule has 1 aromatic heterocycles. The number of rotatable bonds is 5. The summed E-state index contributed by atoms with van der Waals surface area (Å²) in [5, 5.41) is 13.5. The molecule has 1 fully saturated rings. The summed E-state index contributed by atoms with van der Waals surface area (Å²) in [6, 6.07) is 12.0. The molecular formula is C25H26BrN3O4. The summed E-state index contributed by atoms with van der Waals surface area (Å²) < 4.78 is 12.2. The highest BCUT2D eigenvalue weighted by Crippen LogP contribution is 2.48. The summed E-state index contributed by atoms with van der Waals surface area (Å²) in [6.45, 7) is 4.87. The first kappa shape index (κ1) is 22.1. The molecule has 5 rings (SSSR count). The molecule has 8 heteroatoms. The van der Waals surface area contributed by atoms with Gasteiger partial charge in [-0.15, -0.1) is 0 Å². The van der Waals surface area contributed by atoms with Crippen molar-refractivity contribution < 1.29 is 19.2 Å². The van der Waals surface area contributed by atoms with Gasteiger partial charge in [-0.05, 0) is 78.4 Å². The number of carbonyl (C=O) groups excluding carboxylic acids is 1. The second-order valence-electron chi connectivity index (χ2n) is 9.07. The lowest BCUT2D eigenvalue weighted by molar-refractivity contribution is -0.133. The molecule has 1 aliphatic carbocycles. The van der Waals surface area contributed by atoms with Crippen molar-refractivity contribution >= 4 is 21.8 Å². The Labute approximate surface area is 200 Å². The Balaban J connectivity index is 1.44. The zero-order chi connectivity index (χ0) is 23.2. The molecule has 33 heavy (non-hydrogen) atoms. The number of carbonyl (C=O) groups is 1. The predicted molar refractivity (Wildman–Crippen MR) is 127 cm³/mol. The van der Waals surface area contributed by atoms with Crippen molar-refractivity contribution in [3.05, 3.63) is 52.0 Å². The number of halogens is 1. The average molecular weight is 512 g/mol. The molecule has 0 bridgehead atoms. The molecule has 1 atom stereocenters. The van der Waals surface area contributed by atoms with Gasteiger partial charge in [0.25, 0.3) is 5.89 Å². The van der Waals surface area contributed by atoms with Crippen molar-refractivity contribution in [3.8, 4) is 28.6 Å². The third kappa shape index (κ3) is 3.95. The lowest BCUT2D eigenvalue weighted by atomic mass is 9.81. The van der Waals surface area contributed by atoms with E-state index in [9.17, 15) is 9.90 Å². The van der Waals surface area contributed by atoms with Gasteiger partial charge in [-0.2, -0.15) is 4.98 Å². The largest absolute Gasteiger partial charge is 0.490 e. The molecule has 1 unspecified atom stereocenters.